The van der Waals surface area contributed by atoms with Gasteiger partial charge in [0.25, 0.3) is 0 Å². The van der Waals surface area contributed by atoms with Crippen molar-refractivity contribution in [3.8, 4) is 0 Å². The van der Waals surface area contributed by atoms with Gasteiger partial charge in [-0.15, -0.1) is 0 Å². The fourth-order valence-electron chi connectivity index (χ4n) is 1.79. The molecule has 1 fully saturated rings. The van der Waals surface area contributed by atoms with Crippen LogP contribution in [0, 0.1) is 0 Å². The van der Waals surface area contributed by atoms with Gasteiger partial charge in [0.1, 0.15) is 0 Å². The number of aliphatic hydroxyl groups excluding tert-OH is 1. The minimum atomic E-state index is 0.0193. The molecule has 0 unspecified atom stereocenters. The molecule has 0 atom stereocenters. The SMILES string of the molecule is OCC1(c2cccc(CNO)c2)CC1. The molecule has 3 heteroatoms. The molecule has 1 aliphatic rings. The summed E-state index contributed by atoms with van der Waals surface area (Å²) >= 11 is 0. The lowest BCUT2D eigenvalue weighted by molar-refractivity contribution is 0.161. The third-order valence-electron chi connectivity index (χ3n) is 2.98. The molecular formula is C11H15NO2. The molecule has 0 bridgehead atoms. The Labute approximate surface area is 83.3 Å². The van der Waals surface area contributed by atoms with Crippen molar-refractivity contribution in [1.82, 2.24) is 5.48 Å². The Morgan fingerprint density at radius 2 is 2.14 bits per heavy atom. The summed E-state index contributed by atoms with van der Waals surface area (Å²) in [6, 6.07) is 8.02. The zero-order valence-corrected chi connectivity index (χ0v) is 8.03. The first kappa shape index (κ1) is 9.65. The van der Waals surface area contributed by atoms with Crippen molar-refractivity contribution in [2.45, 2.75) is 24.8 Å². The number of benzene rings is 1. The Morgan fingerprint density at radius 3 is 2.71 bits per heavy atom. The first-order valence-electron chi connectivity index (χ1n) is 4.88. The fourth-order valence-corrected chi connectivity index (χ4v) is 1.79. The lowest BCUT2D eigenvalue weighted by Crippen LogP contribution is -2.13. The predicted molar refractivity (Wildman–Crippen MR) is 53.1 cm³/mol. The maximum atomic E-state index is 9.27. The molecule has 2 rings (SSSR count). The largest absolute Gasteiger partial charge is 0.395 e. The van der Waals surface area contributed by atoms with Crippen LogP contribution in [0.15, 0.2) is 24.3 Å². The van der Waals surface area contributed by atoms with Gasteiger partial charge in [-0.05, 0) is 24.0 Å². The van der Waals surface area contributed by atoms with E-state index in [0.29, 0.717) is 6.54 Å². The lowest BCUT2D eigenvalue weighted by Gasteiger charge is -2.13. The molecule has 0 spiro atoms. The van der Waals surface area contributed by atoms with Crippen molar-refractivity contribution in [3.05, 3.63) is 35.4 Å². The van der Waals surface area contributed by atoms with Crippen molar-refractivity contribution in [2.24, 2.45) is 0 Å². The van der Waals surface area contributed by atoms with E-state index in [0.717, 1.165) is 18.4 Å². The van der Waals surface area contributed by atoms with Gasteiger partial charge in [-0.1, -0.05) is 24.3 Å². The van der Waals surface area contributed by atoms with E-state index in [1.165, 1.54) is 5.56 Å². The van der Waals surface area contributed by atoms with E-state index in [4.69, 9.17) is 5.21 Å². The molecule has 3 N–H and O–H groups in total. The molecule has 0 saturated heterocycles. The quantitative estimate of drug-likeness (QED) is 0.629. The number of hydrogen-bond donors (Lipinski definition) is 3. The van der Waals surface area contributed by atoms with Crippen LogP contribution >= 0.6 is 0 Å². The van der Waals surface area contributed by atoms with Crippen LogP contribution in [0.2, 0.25) is 0 Å². The highest BCUT2D eigenvalue weighted by Gasteiger charge is 2.43. The van der Waals surface area contributed by atoms with Gasteiger partial charge < -0.3 is 10.3 Å². The molecule has 76 valence electrons. The predicted octanol–water partition coefficient (Wildman–Crippen LogP) is 1.19. The average molecular weight is 193 g/mol. The van der Waals surface area contributed by atoms with Crippen LogP contribution in [0.25, 0.3) is 0 Å². The lowest BCUT2D eigenvalue weighted by atomic mass is 9.95. The molecule has 1 saturated carbocycles. The van der Waals surface area contributed by atoms with Crippen molar-refractivity contribution >= 4 is 0 Å². The zero-order valence-electron chi connectivity index (χ0n) is 8.03. The summed E-state index contributed by atoms with van der Waals surface area (Å²) in [6.07, 6.45) is 2.14. The van der Waals surface area contributed by atoms with E-state index >= 15 is 0 Å². The number of hydroxylamine groups is 1. The third kappa shape index (κ3) is 1.66. The number of rotatable bonds is 4. The first-order valence-corrected chi connectivity index (χ1v) is 4.88. The summed E-state index contributed by atoms with van der Waals surface area (Å²) in [5, 5.41) is 17.9. The Hall–Kier alpha value is -0.900. The van der Waals surface area contributed by atoms with Crippen molar-refractivity contribution < 1.29 is 10.3 Å². The normalized spacial score (nSPS) is 18.1. The summed E-state index contributed by atoms with van der Waals surface area (Å²) in [5.41, 5.74) is 4.39. The summed E-state index contributed by atoms with van der Waals surface area (Å²) in [4.78, 5) is 0. The summed E-state index contributed by atoms with van der Waals surface area (Å²) in [5.74, 6) is 0. The van der Waals surface area contributed by atoms with Gasteiger partial charge in [0, 0.05) is 12.0 Å². The van der Waals surface area contributed by atoms with E-state index in [9.17, 15) is 5.11 Å². The fraction of sp³-hybridized carbons (Fsp3) is 0.455. The second kappa shape index (κ2) is 3.69. The molecule has 0 radical (unpaired) electrons. The van der Waals surface area contributed by atoms with Crippen LogP contribution in [0.3, 0.4) is 0 Å². The molecule has 1 aliphatic carbocycles. The van der Waals surface area contributed by atoms with Gasteiger partial charge in [0.2, 0.25) is 0 Å². The van der Waals surface area contributed by atoms with Crippen molar-refractivity contribution in [3.63, 3.8) is 0 Å². The maximum absolute atomic E-state index is 9.27. The molecular weight excluding hydrogens is 178 g/mol. The Kier molecular flexibility index (Phi) is 2.54. The molecule has 14 heavy (non-hydrogen) atoms. The van der Waals surface area contributed by atoms with Crippen LogP contribution in [-0.2, 0) is 12.0 Å². The zero-order chi connectivity index (χ0) is 10.0. The first-order chi connectivity index (χ1) is 6.80. The van der Waals surface area contributed by atoms with Gasteiger partial charge in [-0.25, -0.2) is 5.48 Å². The summed E-state index contributed by atoms with van der Waals surface area (Å²) in [6.45, 7) is 0.679. The van der Waals surface area contributed by atoms with E-state index in [1.807, 2.05) is 24.3 Å². The highest BCUT2D eigenvalue weighted by atomic mass is 16.5. The van der Waals surface area contributed by atoms with Gasteiger partial charge in [-0.3, -0.25) is 0 Å². The van der Waals surface area contributed by atoms with Crippen LogP contribution in [0.5, 0.6) is 0 Å². The van der Waals surface area contributed by atoms with Gasteiger partial charge in [0.15, 0.2) is 0 Å². The Balaban J connectivity index is 2.22. The van der Waals surface area contributed by atoms with E-state index in [1.54, 1.807) is 0 Å². The number of aliphatic hydroxyl groups is 1. The van der Waals surface area contributed by atoms with E-state index in [2.05, 4.69) is 5.48 Å². The highest BCUT2D eigenvalue weighted by Crippen LogP contribution is 2.47. The second-order valence-electron chi connectivity index (χ2n) is 3.97. The van der Waals surface area contributed by atoms with Crippen molar-refractivity contribution in [2.75, 3.05) is 6.61 Å². The van der Waals surface area contributed by atoms with Crippen LogP contribution < -0.4 is 5.48 Å². The standard InChI is InChI=1S/C11H15NO2/c13-8-11(4-5-11)10-3-1-2-9(6-10)7-12-14/h1-3,6,12-14H,4-5,7-8H2. The topological polar surface area (TPSA) is 52.5 Å². The minimum Gasteiger partial charge on any atom is -0.395 e. The second-order valence-corrected chi connectivity index (χ2v) is 3.97. The van der Waals surface area contributed by atoms with Gasteiger partial charge in [0.05, 0.1) is 6.61 Å². The molecule has 0 aliphatic heterocycles. The molecule has 0 aromatic heterocycles. The van der Waals surface area contributed by atoms with Crippen LogP contribution in [0.1, 0.15) is 24.0 Å². The number of nitrogens with one attached hydrogen (secondary N) is 1. The third-order valence-corrected chi connectivity index (χ3v) is 2.98. The summed E-state index contributed by atoms with van der Waals surface area (Å²) < 4.78 is 0. The molecule has 1 aromatic carbocycles. The van der Waals surface area contributed by atoms with Gasteiger partial charge >= 0.3 is 0 Å². The number of hydrogen-bond acceptors (Lipinski definition) is 3. The van der Waals surface area contributed by atoms with E-state index in [-0.39, 0.29) is 12.0 Å². The monoisotopic (exact) mass is 193 g/mol. The van der Waals surface area contributed by atoms with Crippen molar-refractivity contribution in [1.29, 1.82) is 0 Å². The molecule has 0 heterocycles. The molecule has 3 nitrogen and oxygen atoms in total. The summed E-state index contributed by atoms with van der Waals surface area (Å²) in [7, 11) is 0. The van der Waals surface area contributed by atoms with E-state index < -0.39 is 0 Å². The van der Waals surface area contributed by atoms with Crippen LogP contribution in [0.4, 0.5) is 0 Å². The highest BCUT2D eigenvalue weighted by molar-refractivity contribution is 5.34. The molecule has 1 aromatic rings. The van der Waals surface area contributed by atoms with Crippen LogP contribution in [-0.4, -0.2) is 16.9 Å². The average Bonchev–Trinajstić information content (AvgIpc) is 2.99. The minimum absolute atomic E-state index is 0.0193. The smallest absolute Gasteiger partial charge is 0.0527 e. The maximum Gasteiger partial charge on any atom is 0.0527 e. The molecule has 0 amide bonds. The Morgan fingerprint density at radius 1 is 1.36 bits per heavy atom. The van der Waals surface area contributed by atoms with Gasteiger partial charge in [-0.2, -0.15) is 0 Å². The Bertz CT molecular complexity index is 321.